The van der Waals surface area contributed by atoms with Gasteiger partial charge in [0.1, 0.15) is 11.3 Å². The Morgan fingerprint density at radius 1 is 1.11 bits per heavy atom. The van der Waals surface area contributed by atoms with Crippen molar-refractivity contribution in [1.82, 2.24) is 9.80 Å². The molecule has 2 unspecified atom stereocenters. The molecule has 1 fully saturated rings. The van der Waals surface area contributed by atoms with Gasteiger partial charge in [-0.1, -0.05) is 0 Å². The Bertz CT molecular complexity index is 454. The number of carbonyl (C=O) groups excluding carboxylic acids is 1. The monoisotopic (exact) mass is 292 g/mol. The molecule has 0 radical (unpaired) electrons. The molecule has 1 amide bonds. The van der Waals surface area contributed by atoms with Gasteiger partial charge in [-0.15, -0.1) is 0 Å². The average molecular weight is 292 g/mol. The number of sulfone groups is 1. The molecule has 19 heavy (non-hydrogen) atoms. The van der Waals surface area contributed by atoms with Gasteiger partial charge >= 0.3 is 5.97 Å². The lowest BCUT2D eigenvalue weighted by molar-refractivity contribution is -0.144. The highest BCUT2D eigenvalue weighted by molar-refractivity contribution is 7.92. The van der Waals surface area contributed by atoms with Gasteiger partial charge < -0.3 is 10.0 Å². The molecule has 2 atom stereocenters. The van der Waals surface area contributed by atoms with E-state index in [1.165, 1.54) is 11.8 Å². The molecule has 0 spiro atoms. The molecule has 0 aromatic rings. The van der Waals surface area contributed by atoms with Crippen molar-refractivity contribution in [2.24, 2.45) is 0 Å². The van der Waals surface area contributed by atoms with Crippen molar-refractivity contribution in [2.75, 3.05) is 32.4 Å². The van der Waals surface area contributed by atoms with Crippen LogP contribution >= 0.6 is 0 Å². The van der Waals surface area contributed by atoms with Gasteiger partial charge in [0.05, 0.1) is 0 Å². The predicted molar refractivity (Wildman–Crippen MR) is 69.6 cm³/mol. The minimum Gasteiger partial charge on any atom is -0.480 e. The molecule has 8 heteroatoms. The molecular formula is C11H20N2O5S. The van der Waals surface area contributed by atoms with Gasteiger partial charge in [-0.05, 0) is 13.8 Å². The van der Waals surface area contributed by atoms with Crippen LogP contribution in [0.4, 0.5) is 0 Å². The number of amides is 1. The van der Waals surface area contributed by atoms with E-state index in [0.717, 1.165) is 6.26 Å². The first-order chi connectivity index (χ1) is 8.64. The summed E-state index contributed by atoms with van der Waals surface area (Å²) in [5.74, 6) is -1.31. The second kappa shape index (κ2) is 5.87. The lowest BCUT2D eigenvalue weighted by Gasteiger charge is -2.37. The summed E-state index contributed by atoms with van der Waals surface area (Å²) in [4.78, 5) is 26.1. The fraction of sp³-hybridized carbons (Fsp3) is 0.818. The van der Waals surface area contributed by atoms with Crippen molar-refractivity contribution >= 4 is 21.7 Å². The third kappa shape index (κ3) is 3.90. The first kappa shape index (κ1) is 15.9. The molecule has 1 saturated heterocycles. The van der Waals surface area contributed by atoms with Crippen molar-refractivity contribution < 1.29 is 23.1 Å². The van der Waals surface area contributed by atoms with E-state index in [2.05, 4.69) is 0 Å². The summed E-state index contributed by atoms with van der Waals surface area (Å²) in [7, 11) is -3.39. The maximum atomic E-state index is 12.0. The third-order valence-electron chi connectivity index (χ3n) is 3.52. The summed E-state index contributed by atoms with van der Waals surface area (Å²) in [5, 5.41) is 7.86. The Hall–Kier alpha value is -1.15. The summed E-state index contributed by atoms with van der Waals surface area (Å²) in [6.45, 7) is 4.57. The summed E-state index contributed by atoms with van der Waals surface area (Å²) < 4.78 is 22.7. The number of hydrogen-bond acceptors (Lipinski definition) is 5. The average Bonchev–Trinajstić information content (AvgIpc) is 2.35. The fourth-order valence-electron chi connectivity index (χ4n) is 1.93. The highest BCUT2D eigenvalue weighted by Crippen LogP contribution is 2.10. The van der Waals surface area contributed by atoms with E-state index < -0.39 is 33.0 Å². The Morgan fingerprint density at radius 2 is 1.58 bits per heavy atom. The van der Waals surface area contributed by atoms with Gasteiger partial charge in [0, 0.05) is 32.4 Å². The van der Waals surface area contributed by atoms with Gasteiger partial charge in [-0.25, -0.2) is 8.42 Å². The van der Waals surface area contributed by atoms with Crippen LogP contribution in [-0.2, 0) is 19.4 Å². The van der Waals surface area contributed by atoms with Crippen molar-refractivity contribution in [3.05, 3.63) is 0 Å². The van der Waals surface area contributed by atoms with Crippen molar-refractivity contribution in [3.8, 4) is 0 Å². The van der Waals surface area contributed by atoms with E-state index in [-0.39, 0.29) is 0 Å². The molecule has 0 aromatic carbocycles. The highest BCUT2D eigenvalue weighted by Gasteiger charge is 2.32. The second-order valence-corrected chi connectivity index (χ2v) is 7.21. The highest BCUT2D eigenvalue weighted by atomic mass is 32.2. The molecule has 0 saturated carbocycles. The smallest absolute Gasteiger partial charge is 0.320 e. The standard InChI is InChI=1S/C11H20N2O5S/c1-8(11(15)16)12-4-6-13(7-5-12)10(14)9(2)19(3,17)18/h8-9H,4-7H2,1-3H3,(H,15,16). The van der Waals surface area contributed by atoms with Crippen LogP contribution in [0.3, 0.4) is 0 Å². The minimum atomic E-state index is -3.39. The number of piperazine rings is 1. The Labute approximate surface area is 113 Å². The first-order valence-corrected chi connectivity index (χ1v) is 8.04. The summed E-state index contributed by atoms with van der Waals surface area (Å²) in [5.41, 5.74) is 0. The maximum Gasteiger partial charge on any atom is 0.320 e. The maximum absolute atomic E-state index is 12.0. The molecule has 1 aliphatic heterocycles. The van der Waals surface area contributed by atoms with Gasteiger partial charge in [-0.3, -0.25) is 14.5 Å². The van der Waals surface area contributed by atoms with Crippen LogP contribution in [-0.4, -0.2) is 78.9 Å². The number of rotatable bonds is 4. The normalized spacial score (nSPS) is 20.9. The Kier molecular flexibility index (Phi) is 4.92. The quantitative estimate of drug-likeness (QED) is 0.717. The lowest BCUT2D eigenvalue weighted by atomic mass is 10.2. The molecule has 110 valence electrons. The number of carboxylic acids is 1. The number of carboxylic acid groups (broad SMARTS) is 1. The zero-order valence-corrected chi connectivity index (χ0v) is 12.2. The van der Waals surface area contributed by atoms with E-state index in [1.54, 1.807) is 11.8 Å². The molecule has 1 heterocycles. The van der Waals surface area contributed by atoms with E-state index in [1.807, 2.05) is 0 Å². The van der Waals surface area contributed by atoms with E-state index in [4.69, 9.17) is 5.11 Å². The first-order valence-electron chi connectivity index (χ1n) is 6.09. The minimum absolute atomic E-state index is 0.357. The van der Waals surface area contributed by atoms with E-state index in [9.17, 15) is 18.0 Å². The van der Waals surface area contributed by atoms with Crippen LogP contribution in [0.15, 0.2) is 0 Å². The van der Waals surface area contributed by atoms with Gasteiger partial charge in [0.25, 0.3) is 0 Å². The molecule has 1 rings (SSSR count). The van der Waals surface area contributed by atoms with Crippen molar-refractivity contribution in [1.29, 1.82) is 0 Å². The number of hydrogen-bond donors (Lipinski definition) is 1. The topological polar surface area (TPSA) is 95.0 Å². The Morgan fingerprint density at radius 3 is 1.95 bits per heavy atom. The van der Waals surface area contributed by atoms with Crippen molar-refractivity contribution in [3.63, 3.8) is 0 Å². The molecule has 0 aliphatic carbocycles. The van der Waals surface area contributed by atoms with E-state index >= 15 is 0 Å². The fourth-order valence-corrected chi connectivity index (χ4v) is 2.44. The van der Waals surface area contributed by atoms with Gasteiger partial charge in [-0.2, -0.15) is 0 Å². The summed E-state index contributed by atoms with van der Waals surface area (Å²) >= 11 is 0. The number of carbonyl (C=O) groups is 2. The van der Waals surface area contributed by atoms with Crippen molar-refractivity contribution in [2.45, 2.75) is 25.1 Å². The zero-order chi connectivity index (χ0) is 14.8. The summed E-state index contributed by atoms with van der Waals surface area (Å²) in [6, 6.07) is -0.593. The molecular weight excluding hydrogens is 272 g/mol. The number of nitrogens with zero attached hydrogens (tertiary/aromatic N) is 2. The van der Waals surface area contributed by atoms with E-state index in [0.29, 0.717) is 26.2 Å². The Balaban J connectivity index is 2.59. The largest absolute Gasteiger partial charge is 0.480 e. The van der Waals surface area contributed by atoms with Crippen LogP contribution in [0.1, 0.15) is 13.8 Å². The zero-order valence-electron chi connectivity index (χ0n) is 11.4. The van der Waals surface area contributed by atoms with Crippen LogP contribution in [0.2, 0.25) is 0 Å². The van der Waals surface area contributed by atoms with Crippen LogP contribution in [0.5, 0.6) is 0 Å². The van der Waals surface area contributed by atoms with Crippen LogP contribution in [0, 0.1) is 0 Å². The molecule has 7 nitrogen and oxygen atoms in total. The number of aliphatic carboxylic acids is 1. The molecule has 1 N–H and O–H groups in total. The predicted octanol–water partition coefficient (Wildman–Crippen LogP) is -0.963. The third-order valence-corrected chi connectivity index (χ3v) is 5.01. The lowest BCUT2D eigenvalue weighted by Crippen LogP contribution is -2.55. The summed E-state index contributed by atoms with van der Waals surface area (Å²) in [6.07, 6.45) is 1.04. The van der Waals surface area contributed by atoms with Gasteiger partial charge in [0.2, 0.25) is 5.91 Å². The SMILES string of the molecule is CC(C(=O)O)N1CCN(C(=O)C(C)S(C)(=O)=O)CC1. The van der Waals surface area contributed by atoms with Crippen LogP contribution < -0.4 is 0 Å². The molecule has 0 bridgehead atoms. The van der Waals surface area contributed by atoms with Gasteiger partial charge in [0.15, 0.2) is 9.84 Å². The van der Waals surface area contributed by atoms with Crippen LogP contribution in [0.25, 0.3) is 0 Å². The molecule has 0 aromatic heterocycles. The molecule has 1 aliphatic rings. The second-order valence-electron chi connectivity index (χ2n) is 4.85.